The second kappa shape index (κ2) is 6.42. The van der Waals surface area contributed by atoms with Gasteiger partial charge in [0, 0.05) is 12.5 Å². The molecule has 0 saturated carbocycles. The van der Waals surface area contributed by atoms with Crippen molar-refractivity contribution in [2.24, 2.45) is 5.92 Å². The van der Waals surface area contributed by atoms with Crippen LogP contribution < -0.4 is 5.32 Å². The minimum atomic E-state index is -4.81. The predicted molar refractivity (Wildman–Crippen MR) is 76.2 cm³/mol. The minimum absolute atomic E-state index is 0.116. The lowest BCUT2D eigenvalue weighted by molar-refractivity contribution is -0.129. The summed E-state index contributed by atoms with van der Waals surface area (Å²) in [7, 11) is -4.81. The van der Waals surface area contributed by atoms with Crippen LogP contribution in [-0.4, -0.2) is 65.8 Å². The monoisotopic (exact) mass is 349 g/mol. The fraction of sp³-hybridized carbons (Fsp3) is 0.750. The van der Waals surface area contributed by atoms with E-state index in [0.29, 0.717) is 17.9 Å². The topological polar surface area (TPSA) is 133 Å². The van der Waals surface area contributed by atoms with Gasteiger partial charge in [0.15, 0.2) is 5.78 Å². The van der Waals surface area contributed by atoms with Crippen molar-refractivity contribution in [1.29, 1.82) is 0 Å². The van der Waals surface area contributed by atoms with Crippen LogP contribution in [0, 0.1) is 5.92 Å². The largest absolute Gasteiger partial charge is 0.418 e. The lowest BCUT2D eigenvalue weighted by Crippen LogP contribution is -2.50. The van der Waals surface area contributed by atoms with Gasteiger partial charge in [-0.3, -0.25) is 14.1 Å². The van der Waals surface area contributed by atoms with E-state index < -0.39 is 34.4 Å². The summed E-state index contributed by atoms with van der Waals surface area (Å²) in [5.74, 6) is -0.811. The van der Waals surface area contributed by atoms with E-state index in [1.54, 1.807) is 13.8 Å². The Morgan fingerprint density at radius 1 is 1.39 bits per heavy atom. The van der Waals surface area contributed by atoms with E-state index in [9.17, 15) is 22.8 Å². The lowest BCUT2D eigenvalue weighted by Gasteiger charge is -2.29. The number of hydrogen-bond donors (Lipinski definition) is 2. The number of rotatable bonds is 6. The first-order chi connectivity index (χ1) is 10.6. The van der Waals surface area contributed by atoms with Crippen molar-refractivity contribution >= 4 is 28.1 Å². The molecule has 2 bridgehead atoms. The number of Topliss-reactive ketones (excluding diaryl/α,β-unsaturated/α-hetero) is 1. The van der Waals surface area contributed by atoms with Crippen molar-refractivity contribution in [2.45, 2.75) is 38.8 Å². The van der Waals surface area contributed by atoms with Crippen molar-refractivity contribution in [3.63, 3.8) is 0 Å². The van der Waals surface area contributed by atoms with Gasteiger partial charge in [-0.15, -0.1) is 4.28 Å². The third-order valence-electron chi connectivity index (χ3n) is 3.88. The molecule has 0 aromatic carbocycles. The summed E-state index contributed by atoms with van der Waals surface area (Å²) in [6.07, 6.45) is 0.650. The maximum Gasteiger partial charge on any atom is 0.418 e. The molecule has 130 valence electrons. The molecule has 23 heavy (non-hydrogen) atoms. The summed E-state index contributed by atoms with van der Waals surface area (Å²) in [6, 6.07) is -2.15. The average Bonchev–Trinajstić information content (AvgIpc) is 2.68. The van der Waals surface area contributed by atoms with Gasteiger partial charge in [0.05, 0.1) is 12.6 Å². The fourth-order valence-electron chi connectivity index (χ4n) is 2.60. The van der Waals surface area contributed by atoms with E-state index in [-0.39, 0.29) is 24.8 Å². The Kier molecular flexibility index (Phi) is 4.92. The van der Waals surface area contributed by atoms with Crippen LogP contribution >= 0.6 is 0 Å². The summed E-state index contributed by atoms with van der Waals surface area (Å²) in [6.45, 7) is 3.43. The SMILES string of the molecule is CC(C)C(=O)CNC(=O)[C@@H]1CC[C@@H]2CN1C(=O)N2OS(=O)(=O)O. The minimum Gasteiger partial charge on any atom is -0.347 e. The van der Waals surface area contributed by atoms with Gasteiger partial charge in [0.2, 0.25) is 5.91 Å². The molecule has 2 rings (SSSR count). The molecule has 2 saturated heterocycles. The van der Waals surface area contributed by atoms with Crippen LogP contribution in [0.3, 0.4) is 0 Å². The third kappa shape index (κ3) is 3.98. The summed E-state index contributed by atoms with van der Waals surface area (Å²) in [5.41, 5.74) is 0. The van der Waals surface area contributed by atoms with E-state index >= 15 is 0 Å². The van der Waals surface area contributed by atoms with Crippen molar-refractivity contribution < 1.29 is 31.6 Å². The van der Waals surface area contributed by atoms with Gasteiger partial charge in [0.1, 0.15) is 6.04 Å². The van der Waals surface area contributed by atoms with E-state index in [0.717, 1.165) is 0 Å². The maximum atomic E-state index is 12.2. The molecule has 0 spiro atoms. The molecule has 0 aliphatic carbocycles. The molecule has 0 unspecified atom stereocenters. The summed E-state index contributed by atoms with van der Waals surface area (Å²) < 4.78 is 34.5. The number of hydrogen-bond acceptors (Lipinski definition) is 6. The summed E-state index contributed by atoms with van der Waals surface area (Å²) >= 11 is 0. The molecular weight excluding hydrogens is 330 g/mol. The molecular formula is C12H19N3O7S. The zero-order valence-corrected chi connectivity index (χ0v) is 13.6. The highest BCUT2D eigenvalue weighted by Crippen LogP contribution is 2.30. The normalized spacial score (nSPS) is 24.3. The number of hydroxylamine groups is 2. The van der Waals surface area contributed by atoms with Crippen molar-refractivity contribution in [1.82, 2.24) is 15.3 Å². The van der Waals surface area contributed by atoms with E-state index in [1.807, 2.05) is 0 Å². The highest BCUT2D eigenvalue weighted by Gasteiger charge is 2.49. The first kappa shape index (κ1) is 17.6. The lowest BCUT2D eigenvalue weighted by atomic mass is 10.00. The number of carbonyl (C=O) groups excluding carboxylic acids is 3. The Balaban J connectivity index is 2.01. The second-order valence-corrected chi connectivity index (χ2v) is 6.85. The Hall–Kier alpha value is -1.72. The molecule has 2 atom stereocenters. The van der Waals surface area contributed by atoms with Gasteiger partial charge in [-0.1, -0.05) is 13.8 Å². The van der Waals surface area contributed by atoms with Crippen LogP contribution in [0.1, 0.15) is 26.7 Å². The molecule has 0 aromatic rings. The van der Waals surface area contributed by atoms with Crippen molar-refractivity contribution in [3.8, 4) is 0 Å². The number of amides is 3. The number of fused-ring (bicyclic) bond motifs is 2. The molecule has 11 heteroatoms. The predicted octanol–water partition coefficient (Wildman–Crippen LogP) is -0.669. The molecule has 2 heterocycles. The Bertz CT molecular complexity index is 618. The van der Waals surface area contributed by atoms with Crippen LogP contribution in [-0.2, 0) is 24.3 Å². The Morgan fingerprint density at radius 2 is 2.04 bits per heavy atom. The van der Waals surface area contributed by atoms with Gasteiger partial charge in [-0.25, -0.2) is 4.79 Å². The number of nitrogens with one attached hydrogen (secondary N) is 1. The highest BCUT2D eigenvalue weighted by molar-refractivity contribution is 7.80. The van der Waals surface area contributed by atoms with Crippen molar-refractivity contribution in [3.05, 3.63) is 0 Å². The van der Waals surface area contributed by atoms with Crippen LogP contribution in [0.4, 0.5) is 4.79 Å². The fourth-order valence-corrected chi connectivity index (χ4v) is 2.99. The van der Waals surface area contributed by atoms with E-state index in [2.05, 4.69) is 9.60 Å². The molecule has 2 aliphatic heterocycles. The first-order valence-electron chi connectivity index (χ1n) is 7.17. The van der Waals surface area contributed by atoms with Gasteiger partial charge < -0.3 is 10.2 Å². The maximum absolute atomic E-state index is 12.2. The molecule has 3 amide bonds. The zero-order chi connectivity index (χ0) is 17.4. The Labute approximate surface area is 133 Å². The quantitative estimate of drug-likeness (QED) is 0.608. The standard InChI is InChI=1S/C12H19N3O7S/c1-7(2)10(16)5-13-11(17)9-4-3-8-6-14(9)12(18)15(8)22-23(19,20)21/h7-9H,3-6H2,1-2H3,(H,13,17)(H,19,20,21)/t8-,9+/m1/s1. The van der Waals surface area contributed by atoms with Gasteiger partial charge in [0.25, 0.3) is 0 Å². The third-order valence-corrected chi connectivity index (χ3v) is 4.23. The molecule has 0 radical (unpaired) electrons. The highest BCUT2D eigenvalue weighted by atomic mass is 32.3. The van der Waals surface area contributed by atoms with Gasteiger partial charge in [-0.05, 0) is 12.8 Å². The first-order valence-corrected chi connectivity index (χ1v) is 8.54. The average molecular weight is 349 g/mol. The van der Waals surface area contributed by atoms with E-state index in [4.69, 9.17) is 4.55 Å². The number of piperidine rings is 1. The molecule has 2 fully saturated rings. The molecule has 10 nitrogen and oxygen atoms in total. The number of ketones is 1. The van der Waals surface area contributed by atoms with Gasteiger partial charge in [-0.2, -0.15) is 13.5 Å². The number of carbonyl (C=O) groups is 3. The number of urea groups is 1. The van der Waals surface area contributed by atoms with E-state index in [1.165, 1.54) is 4.90 Å². The number of nitrogens with zero attached hydrogens (tertiary/aromatic N) is 2. The second-order valence-electron chi connectivity index (χ2n) is 5.85. The Morgan fingerprint density at radius 3 is 2.61 bits per heavy atom. The van der Waals surface area contributed by atoms with Crippen molar-refractivity contribution in [2.75, 3.05) is 13.1 Å². The van der Waals surface area contributed by atoms with Crippen LogP contribution in [0.15, 0.2) is 0 Å². The molecule has 2 aliphatic rings. The van der Waals surface area contributed by atoms with Crippen LogP contribution in [0.25, 0.3) is 0 Å². The summed E-state index contributed by atoms with van der Waals surface area (Å²) in [5, 5.41) is 3.06. The molecule has 0 aromatic heterocycles. The summed E-state index contributed by atoms with van der Waals surface area (Å²) in [4.78, 5) is 37.0. The van der Waals surface area contributed by atoms with Crippen LogP contribution in [0.5, 0.6) is 0 Å². The van der Waals surface area contributed by atoms with Crippen LogP contribution in [0.2, 0.25) is 0 Å². The molecule has 2 N–H and O–H groups in total. The van der Waals surface area contributed by atoms with Gasteiger partial charge >= 0.3 is 16.4 Å². The smallest absolute Gasteiger partial charge is 0.347 e. The zero-order valence-electron chi connectivity index (χ0n) is 12.8.